The van der Waals surface area contributed by atoms with Gasteiger partial charge in [-0.25, -0.2) is 0 Å². The van der Waals surface area contributed by atoms with Crippen LogP contribution in [0.5, 0.6) is 5.75 Å². The van der Waals surface area contributed by atoms with Gasteiger partial charge in [0.05, 0.1) is 13.0 Å². The van der Waals surface area contributed by atoms with Crippen molar-refractivity contribution in [3.8, 4) is 5.75 Å². The monoisotopic (exact) mass is 274 g/mol. The fourth-order valence-corrected chi connectivity index (χ4v) is 2.85. The van der Waals surface area contributed by atoms with Crippen LogP contribution in [0.3, 0.4) is 0 Å². The van der Waals surface area contributed by atoms with E-state index in [0.29, 0.717) is 6.42 Å². The molecule has 1 aromatic carbocycles. The molecule has 19 heavy (non-hydrogen) atoms. The van der Waals surface area contributed by atoms with Crippen molar-refractivity contribution in [3.05, 3.63) is 45.7 Å². The molecular weight excluding hydrogens is 260 g/mol. The molecular formula is C14H14N2O2S. The Morgan fingerprint density at radius 3 is 3.21 bits per heavy atom. The Balaban J connectivity index is 1.79. The van der Waals surface area contributed by atoms with Crippen molar-refractivity contribution in [1.29, 1.82) is 0 Å². The van der Waals surface area contributed by atoms with E-state index in [0.717, 1.165) is 29.1 Å². The Hall–Kier alpha value is -1.88. The molecule has 0 fully saturated rings. The van der Waals surface area contributed by atoms with Crippen LogP contribution in [0.25, 0.3) is 0 Å². The van der Waals surface area contributed by atoms with E-state index in [1.165, 1.54) is 16.9 Å². The summed E-state index contributed by atoms with van der Waals surface area (Å²) < 4.78 is 7.30. The number of amides is 1. The molecule has 0 radical (unpaired) electrons. The Labute approximate surface area is 115 Å². The van der Waals surface area contributed by atoms with Crippen molar-refractivity contribution in [2.45, 2.75) is 12.8 Å². The maximum atomic E-state index is 11.9. The number of hydrogen-bond acceptors (Lipinski definition) is 3. The molecule has 98 valence electrons. The van der Waals surface area contributed by atoms with E-state index in [2.05, 4.69) is 4.99 Å². The van der Waals surface area contributed by atoms with Crippen LogP contribution >= 0.6 is 11.3 Å². The number of thiazole rings is 1. The molecule has 5 heteroatoms. The van der Waals surface area contributed by atoms with Crippen LogP contribution in [-0.4, -0.2) is 17.1 Å². The molecule has 2 aromatic rings. The van der Waals surface area contributed by atoms with Gasteiger partial charge in [0.1, 0.15) is 5.75 Å². The van der Waals surface area contributed by atoms with Crippen LogP contribution in [0.4, 0.5) is 0 Å². The molecule has 1 aromatic heterocycles. The largest absolute Gasteiger partial charge is 0.493 e. The number of hydrogen-bond donors (Lipinski definition) is 0. The summed E-state index contributed by atoms with van der Waals surface area (Å²) in [5.41, 5.74) is 2.18. The van der Waals surface area contributed by atoms with Crippen LogP contribution in [0.15, 0.2) is 34.8 Å². The van der Waals surface area contributed by atoms with Gasteiger partial charge in [-0.05, 0) is 17.2 Å². The summed E-state index contributed by atoms with van der Waals surface area (Å²) in [6, 6.07) is 5.92. The standard InChI is InChI=1S/C14H14N2O2S/c1-16-5-7-19-14(16)15-13(17)9-10-2-3-12-11(8-10)4-6-18-12/h2-3,5,7-8H,4,6,9H2,1H3. The van der Waals surface area contributed by atoms with Gasteiger partial charge < -0.3 is 9.30 Å². The third-order valence-corrected chi connectivity index (χ3v) is 3.94. The second kappa shape index (κ2) is 5.01. The molecule has 0 saturated heterocycles. The van der Waals surface area contributed by atoms with E-state index in [9.17, 15) is 4.79 Å². The van der Waals surface area contributed by atoms with Crippen LogP contribution in [0, 0.1) is 0 Å². The minimum Gasteiger partial charge on any atom is -0.493 e. The quantitative estimate of drug-likeness (QED) is 0.836. The van der Waals surface area contributed by atoms with Crippen molar-refractivity contribution >= 4 is 17.2 Å². The Kier molecular flexibility index (Phi) is 3.21. The van der Waals surface area contributed by atoms with Crippen LogP contribution in [-0.2, 0) is 24.7 Å². The zero-order valence-corrected chi connectivity index (χ0v) is 11.4. The minimum atomic E-state index is -0.114. The number of ether oxygens (including phenoxy) is 1. The number of aromatic nitrogens is 1. The molecule has 0 spiro atoms. The first-order valence-electron chi connectivity index (χ1n) is 6.15. The van der Waals surface area contributed by atoms with Crippen LogP contribution in [0.2, 0.25) is 0 Å². The lowest BCUT2D eigenvalue weighted by Gasteiger charge is -2.01. The number of carbonyl (C=O) groups excluding carboxylic acids is 1. The zero-order chi connectivity index (χ0) is 13.2. The SMILES string of the molecule is Cn1ccsc1=NC(=O)Cc1ccc2c(c1)CCO2. The maximum absolute atomic E-state index is 11.9. The number of benzene rings is 1. The van der Waals surface area contributed by atoms with Gasteiger partial charge in [-0.1, -0.05) is 12.1 Å². The number of carbonyl (C=O) groups is 1. The lowest BCUT2D eigenvalue weighted by atomic mass is 10.1. The Morgan fingerprint density at radius 1 is 1.53 bits per heavy atom. The van der Waals surface area contributed by atoms with Gasteiger partial charge in [-0.3, -0.25) is 4.79 Å². The predicted molar refractivity (Wildman–Crippen MR) is 73.2 cm³/mol. The molecule has 0 aliphatic carbocycles. The minimum absolute atomic E-state index is 0.114. The van der Waals surface area contributed by atoms with Crippen molar-refractivity contribution in [1.82, 2.24) is 4.57 Å². The van der Waals surface area contributed by atoms with Gasteiger partial charge >= 0.3 is 0 Å². The van der Waals surface area contributed by atoms with E-state index in [1.807, 2.05) is 41.4 Å². The second-order valence-corrected chi connectivity index (χ2v) is 5.39. The molecule has 0 saturated carbocycles. The van der Waals surface area contributed by atoms with E-state index in [-0.39, 0.29) is 5.91 Å². The number of aryl methyl sites for hydroxylation is 1. The number of fused-ring (bicyclic) bond motifs is 1. The third-order valence-electron chi connectivity index (χ3n) is 3.09. The summed E-state index contributed by atoms with van der Waals surface area (Å²) in [5.74, 6) is 0.828. The highest BCUT2D eigenvalue weighted by Crippen LogP contribution is 2.25. The number of nitrogens with zero attached hydrogens (tertiary/aromatic N) is 2. The Bertz CT molecular complexity index is 685. The molecule has 0 N–H and O–H groups in total. The van der Waals surface area contributed by atoms with E-state index >= 15 is 0 Å². The first-order valence-corrected chi connectivity index (χ1v) is 7.02. The second-order valence-electron chi connectivity index (χ2n) is 4.52. The van der Waals surface area contributed by atoms with Gasteiger partial charge in [0.15, 0.2) is 4.80 Å². The summed E-state index contributed by atoms with van der Waals surface area (Å²) in [5, 5.41) is 1.92. The fraction of sp³-hybridized carbons (Fsp3) is 0.286. The molecule has 0 bridgehead atoms. The fourth-order valence-electron chi connectivity index (χ4n) is 2.11. The normalized spacial score (nSPS) is 14.3. The van der Waals surface area contributed by atoms with Gasteiger partial charge in [0.2, 0.25) is 0 Å². The third kappa shape index (κ3) is 2.61. The van der Waals surface area contributed by atoms with Gasteiger partial charge in [-0.2, -0.15) is 4.99 Å². The first-order chi connectivity index (χ1) is 9.22. The van der Waals surface area contributed by atoms with E-state index in [4.69, 9.17) is 4.74 Å². The van der Waals surface area contributed by atoms with E-state index < -0.39 is 0 Å². The average Bonchev–Trinajstić information content (AvgIpc) is 2.98. The van der Waals surface area contributed by atoms with Crippen molar-refractivity contribution in [3.63, 3.8) is 0 Å². The molecule has 1 aliphatic rings. The first kappa shape index (κ1) is 12.2. The summed E-state index contributed by atoms with van der Waals surface area (Å²) in [6.07, 6.45) is 3.16. The molecule has 2 heterocycles. The average molecular weight is 274 g/mol. The lowest BCUT2D eigenvalue weighted by molar-refractivity contribution is -0.117. The van der Waals surface area contributed by atoms with Gasteiger partial charge in [0.25, 0.3) is 5.91 Å². The van der Waals surface area contributed by atoms with Crippen molar-refractivity contribution in [2.24, 2.45) is 12.0 Å². The highest BCUT2D eigenvalue weighted by molar-refractivity contribution is 7.07. The highest BCUT2D eigenvalue weighted by atomic mass is 32.1. The molecule has 0 atom stereocenters. The summed E-state index contributed by atoms with van der Waals surface area (Å²) >= 11 is 1.46. The predicted octanol–water partition coefficient (Wildman–Crippen LogP) is 1.69. The molecule has 1 amide bonds. The van der Waals surface area contributed by atoms with Crippen LogP contribution in [0.1, 0.15) is 11.1 Å². The van der Waals surface area contributed by atoms with E-state index in [1.54, 1.807) is 0 Å². The number of rotatable bonds is 2. The molecule has 4 nitrogen and oxygen atoms in total. The lowest BCUT2D eigenvalue weighted by Crippen LogP contribution is -2.13. The summed E-state index contributed by atoms with van der Waals surface area (Å²) in [7, 11) is 1.88. The Morgan fingerprint density at radius 2 is 2.42 bits per heavy atom. The topological polar surface area (TPSA) is 43.6 Å². The highest BCUT2D eigenvalue weighted by Gasteiger charge is 2.13. The maximum Gasteiger partial charge on any atom is 0.252 e. The summed E-state index contributed by atoms with van der Waals surface area (Å²) in [4.78, 5) is 16.8. The summed E-state index contributed by atoms with van der Waals surface area (Å²) in [6.45, 7) is 0.738. The molecule has 0 unspecified atom stereocenters. The molecule has 3 rings (SSSR count). The van der Waals surface area contributed by atoms with Crippen LogP contribution < -0.4 is 9.54 Å². The van der Waals surface area contributed by atoms with Gasteiger partial charge in [0, 0.05) is 25.0 Å². The van der Waals surface area contributed by atoms with Crippen molar-refractivity contribution < 1.29 is 9.53 Å². The van der Waals surface area contributed by atoms with Gasteiger partial charge in [-0.15, -0.1) is 11.3 Å². The zero-order valence-electron chi connectivity index (χ0n) is 10.6. The van der Waals surface area contributed by atoms with Crippen molar-refractivity contribution in [2.75, 3.05) is 6.61 Å². The smallest absolute Gasteiger partial charge is 0.252 e. The molecule has 1 aliphatic heterocycles.